The van der Waals surface area contributed by atoms with Crippen LogP contribution in [-0.2, 0) is 4.74 Å². The fraction of sp³-hybridized carbons (Fsp3) is 0.111. The first-order chi connectivity index (χ1) is 11.8. The summed E-state index contributed by atoms with van der Waals surface area (Å²) >= 11 is 0. The van der Waals surface area contributed by atoms with Crippen LogP contribution in [0.2, 0.25) is 0 Å². The molecular weight excluding hydrogens is 304 g/mol. The molecule has 0 radical (unpaired) electrons. The molecular formula is C18H16N4O2. The van der Waals surface area contributed by atoms with Gasteiger partial charge in [-0.2, -0.15) is 0 Å². The Hall–Kier alpha value is -3.28. The number of rotatable bonds is 5. The van der Waals surface area contributed by atoms with Gasteiger partial charge in [-0.3, -0.25) is 9.88 Å². The van der Waals surface area contributed by atoms with Crippen LogP contribution in [-0.4, -0.2) is 27.5 Å². The van der Waals surface area contributed by atoms with E-state index in [1.165, 1.54) is 0 Å². The zero-order chi connectivity index (χ0) is 16.8. The SMILES string of the molecule is CCOC(=O)c1cccc(N(c2ccncc2)c2ncccn2)c1. The highest BCUT2D eigenvalue weighted by atomic mass is 16.5. The number of hydrogen-bond acceptors (Lipinski definition) is 6. The Bertz CT molecular complexity index is 770. The maximum atomic E-state index is 12.0. The van der Waals surface area contributed by atoms with Gasteiger partial charge in [0.15, 0.2) is 0 Å². The van der Waals surface area contributed by atoms with E-state index in [9.17, 15) is 4.79 Å². The van der Waals surface area contributed by atoms with E-state index in [0.717, 1.165) is 11.4 Å². The first-order valence-electron chi connectivity index (χ1n) is 7.54. The van der Waals surface area contributed by atoms with Crippen LogP contribution in [0.3, 0.4) is 0 Å². The lowest BCUT2D eigenvalue weighted by molar-refractivity contribution is 0.0526. The van der Waals surface area contributed by atoms with Gasteiger partial charge in [-0.05, 0) is 43.3 Å². The van der Waals surface area contributed by atoms with Gasteiger partial charge < -0.3 is 4.74 Å². The van der Waals surface area contributed by atoms with E-state index >= 15 is 0 Å². The Morgan fingerprint density at radius 2 is 1.75 bits per heavy atom. The van der Waals surface area contributed by atoms with Gasteiger partial charge in [0, 0.05) is 30.5 Å². The number of esters is 1. The Kier molecular flexibility index (Phi) is 4.76. The number of aromatic nitrogens is 3. The molecule has 0 atom stereocenters. The maximum Gasteiger partial charge on any atom is 0.338 e. The largest absolute Gasteiger partial charge is 0.462 e. The summed E-state index contributed by atoms with van der Waals surface area (Å²) in [4.78, 5) is 26.5. The predicted octanol–water partition coefficient (Wildman–Crippen LogP) is 3.52. The summed E-state index contributed by atoms with van der Waals surface area (Å²) in [6.07, 6.45) is 6.73. The number of carbonyl (C=O) groups is 1. The third kappa shape index (κ3) is 3.38. The summed E-state index contributed by atoms with van der Waals surface area (Å²) in [6.45, 7) is 2.11. The molecule has 3 aromatic rings. The normalized spacial score (nSPS) is 10.2. The molecule has 0 saturated carbocycles. The molecule has 0 spiro atoms. The lowest BCUT2D eigenvalue weighted by atomic mass is 10.2. The standard InChI is InChI=1S/C18H16N4O2/c1-2-24-17(23)14-5-3-6-16(13-14)22(15-7-11-19-12-8-15)18-20-9-4-10-21-18/h3-13H,2H2,1H3. The van der Waals surface area contributed by atoms with Crippen LogP contribution in [0.15, 0.2) is 67.3 Å². The molecule has 2 heterocycles. The molecule has 1 aromatic carbocycles. The van der Waals surface area contributed by atoms with Crippen molar-refractivity contribution in [3.05, 3.63) is 72.8 Å². The highest BCUT2D eigenvalue weighted by Gasteiger charge is 2.16. The molecule has 0 N–H and O–H groups in total. The number of nitrogens with zero attached hydrogens (tertiary/aromatic N) is 4. The fourth-order valence-electron chi connectivity index (χ4n) is 2.27. The van der Waals surface area contributed by atoms with E-state index in [0.29, 0.717) is 18.1 Å². The summed E-state index contributed by atoms with van der Waals surface area (Å²) in [6, 6.07) is 12.6. The molecule has 0 bridgehead atoms. The fourth-order valence-corrected chi connectivity index (χ4v) is 2.27. The van der Waals surface area contributed by atoms with Crippen molar-refractivity contribution in [3.63, 3.8) is 0 Å². The lowest BCUT2D eigenvalue weighted by Gasteiger charge is -2.22. The van der Waals surface area contributed by atoms with E-state index in [4.69, 9.17) is 4.74 Å². The van der Waals surface area contributed by atoms with Crippen LogP contribution >= 0.6 is 0 Å². The van der Waals surface area contributed by atoms with Crippen molar-refractivity contribution in [1.29, 1.82) is 0 Å². The molecule has 0 aliphatic rings. The van der Waals surface area contributed by atoms with Gasteiger partial charge in [-0.25, -0.2) is 14.8 Å². The second-order valence-electron chi connectivity index (χ2n) is 4.86. The Morgan fingerprint density at radius 1 is 1.00 bits per heavy atom. The molecule has 2 aromatic heterocycles. The first kappa shape index (κ1) is 15.6. The molecule has 6 nitrogen and oxygen atoms in total. The van der Waals surface area contributed by atoms with E-state index in [-0.39, 0.29) is 5.97 Å². The van der Waals surface area contributed by atoms with E-state index < -0.39 is 0 Å². The molecule has 3 rings (SSSR count). The van der Waals surface area contributed by atoms with E-state index in [2.05, 4.69) is 15.0 Å². The minimum absolute atomic E-state index is 0.332. The Labute approximate surface area is 139 Å². The quantitative estimate of drug-likeness (QED) is 0.670. The molecule has 0 saturated heterocycles. The third-order valence-electron chi connectivity index (χ3n) is 3.29. The monoisotopic (exact) mass is 320 g/mol. The van der Waals surface area contributed by atoms with Crippen molar-refractivity contribution in [2.45, 2.75) is 6.92 Å². The van der Waals surface area contributed by atoms with Gasteiger partial charge in [-0.15, -0.1) is 0 Å². The van der Waals surface area contributed by atoms with Crippen molar-refractivity contribution in [2.75, 3.05) is 11.5 Å². The molecule has 6 heteroatoms. The third-order valence-corrected chi connectivity index (χ3v) is 3.29. The van der Waals surface area contributed by atoms with Crippen LogP contribution in [0.25, 0.3) is 0 Å². The van der Waals surface area contributed by atoms with Crippen molar-refractivity contribution < 1.29 is 9.53 Å². The number of hydrogen-bond donors (Lipinski definition) is 0. The van der Waals surface area contributed by atoms with E-state index in [1.807, 2.05) is 23.1 Å². The summed E-state index contributed by atoms with van der Waals surface area (Å²) in [5.41, 5.74) is 2.08. The van der Waals surface area contributed by atoms with Crippen LogP contribution in [0.4, 0.5) is 17.3 Å². The molecule has 0 aliphatic carbocycles. The zero-order valence-corrected chi connectivity index (χ0v) is 13.2. The van der Waals surface area contributed by atoms with Crippen LogP contribution in [0.5, 0.6) is 0 Å². The molecule has 0 fully saturated rings. The Morgan fingerprint density at radius 3 is 2.46 bits per heavy atom. The summed E-state index contributed by atoms with van der Waals surface area (Å²) in [5.74, 6) is 0.146. The highest BCUT2D eigenvalue weighted by molar-refractivity contribution is 5.91. The van der Waals surface area contributed by atoms with Gasteiger partial charge in [0.2, 0.25) is 5.95 Å². The average Bonchev–Trinajstić information content (AvgIpc) is 2.64. The summed E-state index contributed by atoms with van der Waals surface area (Å²) in [5, 5.41) is 0. The highest BCUT2D eigenvalue weighted by Crippen LogP contribution is 2.31. The molecule has 120 valence electrons. The van der Waals surface area contributed by atoms with Crippen molar-refractivity contribution >= 4 is 23.3 Å². The second kappa shape index (κ2) is 7.32. The van der Waals surface area contributed by atoms with Crippen molar-refractivity contribution in [1.82, 2.24) is 15.0 Å². The lowest BCUT2D eigenvalue weighted by Crippen LogP contribution is -2.14. The first-order valence-corrected chi connectivity index (χ1v) is 7.54. The summed E-state index contributed by atoms with van der Waals surface area (Å²) < 4.78 is 5.08. The van der Waals surface area contributed by atoms with Gasteiger partial charge in [-0.1, -0.05) is 6.07 Å². The number of pyridine rings is 1. The topological polar surface area (TPSA) is 68.2 Å². The average molecular weight is 320 g/mol. The smallest absolute Gasteiger partial charge is 0.338 e. The molecule has 0 unspecified atom stereocenters. The molecule has 24 heavy (non-hydrogen) atoms. The maximum absolute atomic E-state index is 12.0. The van der Waals surface area contributed by atoms with Gasteiger partial charge in [0.25, 0.3) is 0 Å². The number of carbonyl (C=O) groups excluding carboxylic acids is 1. The van der Waals surface area contributed by atoms with Gasteiger partial charge in [0.1, 0.15) is 0 Å². The van der Waals surface area contributed by atoms with Gasteiger partial charge >= 0.3 is 5.97 Å². The van der Waals surface area contributed by atoms with E-state index in [1.54, 1.807) is 56.0 Å². The van der Waals surface area contributed by atoms with Crippen molar-refractivity contribution in [3.8, 4) is 0 Å². The number of ether oxygens (including phenoxy) is 1. The van der Waals surface area contributed by atoms with Crippen LogP contribution in [0.1, 0.15) is 17.3 Å². The minimum atomic E-state index is -0.358. The Balaban J connectivity index is 2.07. The van der Waals surface area contributed by atoms with Crippen LogP contribution in [0, 0.1) is 0 Å². The second-order valence-corrected chi connectivity index (χ2v) is 4.86. The van der Waals surface area contributed by atoms with Gasteiger partial charge in [0.05, 0.1) is 17.9 Å². The molecule has 0 aliphatic heterocycles. The number of benzene rings is 1. The van der Waals surface area contributed by atoms with Crippen molar-refractivity contribution in [2.24, 2.45) is 0 Å². The molecule has 0 amide bonds. The summed E-state index contributed by atoms with van der Waals surface area (Å²) in [7, 11) is 0. The van der Waals surface area contributed by atoms with Crippen LogP contribution < -0.4 is 4.90 Å². The predicted molar refractivity (Wildman–Crippen MR) is 90.5 cm³/mol. The zero-order valence-electron chi connectivity index (χ0n) is 13.2. The number of anilines is 3. The minimum Gasteiger partial charge on any atom is -0.462 e.